The van der Waals surface area contributed by atoms with Crippen LogP contribution in [0.15, 0.2) is 29.3 Å². The van der Waals surface area contributed by atoms with E-state index < -0.39 is 0 Å². The van der Waals surface area contributed by atoms with Crippen LogP contribution in [0.1, 0.15) is 12.0 Å². The molecule has 0 aromatic heterocycles. The van der Waals surface area contributed by atoms with Gasteiger partial charge in [0, 0.05) is 25.3 Å². The van der Waals surface area contributed by atoms with Gasteiger partial charge < -0.3 is 15.0 Å². The molecule has 88 valence electrons. The quantitative estimate of drug-likeness (QED) is 0.724. The van der Waals surface area contributed by atoms with Crippen molar-refractivity contribution >= 4 is 11.6 Å². The maximum atomic E-state index is 5.51. The summed E-state index contributed by atoms with van der Waals surface area (Å²) in [5.74, 6) is 1.02. The van der Waals surface area contributed by atoms with Gasteiger partial charge in [-0.25, -0.2) is 4.99 Å². The van der Waals surface area contributed by atoms with Gasteiger partial charge in [0.05, 0.1) is 13.2 Å². The number of hydrogen-bond donors (Lipinski definition) is 1. The van der Waals surface area contributed by atoms with Gasteiger partial charge in [0.15, 0.2) is 5.96 Å². The van der Waals surface area contributed by atoms with E-state index in [2.05, 4.69) is 34.5 Å². The molecule has 1 spiro atoms. The fraction of sp³-hybridized carbons (Fsp3) is 0.462. The molecule has 0 aliphatic carbocycles. The fourth-order valence-corrected chi connectivity index (χ4v) is 2.93. The highest BCUT2D eigenvalue weighted by molar-refractivity contribution is 6.00. The highest BCUT2D eigenvalue weighted by Crippen LogP contribution is 2.35. The van der Waals surface area contributed by atoms with E-state index in [1.54, 1.807) is 0 Å². The molecule has 17 heavy (non-hydrogen) atoms. The number of para-hydroxylation sites is 1. The first-order chi connectivity index (χ1) is 8.36. The van der Waals surface area contributed by atoms with Gasteiger partial charge in [0.2, 0.25) is 0 Å². The van der Waals surface area contributed by atoms with Crippen LogP contribution >= 0.6 is 0 Å². The molecule has 3 heterocycles. The van der Waals surface area contributed by atoms with Gasteiger partial charge in [-0.05, 0) is 11.6 Å². The molecule has 0 radical (unpaired) electrons. The van der Waals surface area contributed by atoms with Crippen molar-refractivity contribution in [2.24, 2.45) is 4.99 Å². The first kappa shape index (κ1) is 9.48. The molecule has 3 aliphatic heterocycles. The third-order valence-corrected chi connectivity index (χ3v) is 3.85. The molecule has 1 unspecified atom stereocenters. The molecule has 1 N–H and O–H groups in total. The number of fused-ring (bicyclic) bond motifs is 3. The highest BCUT2D eigenvalue weighted by Gasteiger charge is 2.44. The summed E-state index contributed by atoms with van der Waals surface area (Å²) in [4.78, 5) is 7.15. The minimum atomic E-state index is -0.000214. The Morgan fingerprint density at radius 3 is 3.18 bits per heavy atom. The smallest absolute Gasteiger partial charge is 0.199 e. The molecule has 4 nitrogen and oxygen atoms in total. The minimum Gasteiger partial charge on any atom is -0.379 e. The molecule has 0 saturated carbocycles. The Hall–Kier alpha value is -1.55. The van der Waals surface area contributed by atoms with Crippen molar-refractivity contribution in [3.8, 4) is 0 Å². The summed E-state index contributed by atoms with van der Waals surface area (Å²) in [5.41, 5.74) is 2.65. The lowest BCUT2D eigenvalue weighted by atomic mass is 10.00. The van der Waals surface area contributed by atoms with E-state index >= 15 is 0 Å². The summed E-state index contributed by atoms with van der Waals surface area (Å²) in [6.07, 6.45) is 1.04. The van der Waals surface area contributed by atoms with Gasteiger partial charge in [-0.3, -0.25) is 0 Å². The van der Waals surface area contributed by atoms with Gasteiger partial charge >= 0.3 is 0 Å². The largest absolute Gasteiger partial charge is 0.379 e. The lowest BCUT2D eigenvalue weighted by Crippen LogP contribution is -2.44. The van der Waals surface area contributed by atoms with Crippen molar-refractivity contribution in [2.45, 2.75) is 18.5 Å². The average Bonchev–Trinajstić information content (AvgIpc) is 2.96. The van der Waals surface area contributed by atoms with Crippen LogP contribution in [0.25, 0.3) is 0 Å². The van der Waals surface area contributed by atoms with Crippen molar-refractivity contribution in [1.29, 1.82) is 0 Å². The van der Waals surface area contributed by atoms with Gasteiger partial charge in [-0.2, -0.15) is 0 Å². The fourth-order valence-electron chi connectivity index (χ4n) is 2.93. The van der Waals surface area contributed by atoms with Crippen molar-refractivity contribution in [3.63, 3.8) is 0 Å². The number of guanidine groups is 1. The molecule has 4 heteroatoms. The molecule has 0 bridgehead atoms. The second-order valence-corrected chi connectivity index (χ2v) is 5.03. The van der Waals surface area contributed by atoms with Crippen LogP contribution in [0, 0.1) is 0 Å². The molecule has 1 aromatic rings. The number of benzene rings is 1. The molecular formula is C13H15N3O. The van der Waals surface area contributed by atoms with Crippen LogP contribution in [-0.2, 0) is 11.3 Å². The zero-order valence-corrected chi connectivity index (χ0v) is 9.65. The maximum absolute atomic E-state index is 5.51. The molecule has 1 atom stereocenters. The van der Waals surface area contributed by atoms with Gasteiger partial charge in [-0.1, -0.05) is 18.2 Å². The van der Waals surface area contributed by atoms with Crippen molar-refractivity contribution in [1.82, 2.24) is 5.32 Å². The summed E-state index contributed by atoms with van der Waals surface area (Å²) in [6, 6.07) is 8.54. The third-order valence-electron chi connectivity index (χ3n) is 3.85. The van der Waals surface area contributed by atoms with E-state index in [0.29, 0.717) is 0 Å². The number of anilines is 1. The summed E-state index contributed by atoms with van der Waals surface area (Å²) in [7, 11) is 0. The summed E-state index contributed by atoms with van der Waals surface area (Å²) in [6.45, 7) is 3.43. The predicted molar refractivity (Wildman–Crippen MR) is 66.2 cm³/mol. The minimum absolute atomic E-state index is 0.000214. The third kappa shape index (κ3) is 1.30. The van der Waals surface area contributed by atoms with E-state index in [0.717, 1.165) is 38.7 Å². The standard InChI is InChI=1S/C13H15N3O/c1-2-4-11-10(3-1)7-14-12-15-13(8-16(11)12)5-6-17-9-13/h1-4H,5-9H2,(H,14,15). The Balaban J connectivity index is 1.76. The lowest BCUT2D eigenvalue weighted by Gasteiger charge is -2.30. The second-order valence-electron chi connectivity index (χ2n) is 5.03. The Morgan fingerprint density at radius 1 is 1.35 bits per heavy atom. The Morgan fingerprint density at radius 2 is 2.29 bits per heavy atom. The van der Waals surface area contributed by atoms with E-state index in [9.17, 15) is 0 Å². The van der Waals surface area contributed by atoms with Gasteiger partial charge in [0.25, 0.3) is 0 Å². The van der Waals surface area contributed by atoms with Gasteiger partial charge in [-0.15, -0.1) is 0 Å². The first-order valence-electron chi connectivity index (χ1n) is 6.13. The van der Waals surface area contributed by atoms with Crippen molar-refractivity contribution in [3.05, 3.63) is 29.8 Å². The predicted octanol–water partition coefficient (Wildman–Crippen LogP) is 1.12. The molecule has 3 aliphatic rings. The summed E-state index contributed by atoms with van der Waals surface area (Å²) < 4.78 is 5.51. The van der Waals surface area contributed by atoms with Crippen LogP contribution in [0.3, 0.4) is 0 Å². The topological polar surface area (TPSA) is 36.9 Å². The number of nitrogens with zero attached hydrogens (tertiary/aromatic N) is 2. The van der Waals surface area contributed by atoms with Gasteiger partial charge in [0.1, 0.15) is 5.54 Å². The van der Waals surface area contributed by atoms with Crippen molar-refractivity contribution < 1.29 is 4.74 Å². The first-order valence-corrected chi connectivity index (χ1v) is 6.13. The number of rotatable bonds is 0. The number of ether oxygens (including phenoxy) is 1. The zero-order chi connectivity index (χ0) is 11.3. The average molecular weight is 229 g/mol. The van der Waals surface area contributed by atoms with E-state index in [1.165, 1.54) is 11.3 Å². The lowest BCUT2D eigenvalue weighted by molar-refractivity contribution is 0.181. The Labute approximate surface area is 100 Å². The SMILES string of the molecule is c1ccc2c(c1)CNC1=NC3(CCOC3)CN12. The summed E-state index contributed by atoms with van der Waals surface area (Å²) in [5, 5.41) is 3.41. The normalized spacial score (nSPS) is 29.9. The van der Waals surface area contributed by atoms with E-state index in [1.807, 2.05) is 0 Å². The number of nitrogens with one attached hydrogen (secondary N) is 1. The molecule has 1 saturated heterocycles. The van der Waals surface area contributed by atoms with E-state index in [4.69, 9.17) is 9.73 Å². The number of hydrogen-bond acceptors (Lipinski definition) is 4. The molecule has 1 fully saturated rings. The van der Waals surface area contributed by atoms with Crippen LogP contribution < -0.4 is 10.2 Å². The Kier molecular flexibility index (Phi) is 1.80. The van der Waals surface area contributed by atoms with Crippen LogP contribution in [0.2, 0.25) is 0 Å². The van der Waals surface area contributed by atoms with Crippen LogP contribution in [0.5, 0.6) is 0 Å². The summed E-state index contributed by atoms with van der Waals surface area (Å²) >= 11 is 0. The van der Waals surface area contributed by atoms with Crippen LogP contribution in [0.4, 0.5) is 5.69 Å². The van der Waals surface area contributed by atoms with Crippen molar-refractivity contribution in [2.75, 3.05) is 24.7 Å². The monoisotopic (exact) mass is 229 g/mol. The molecule has 1 aromatic carbocycles. The molecule has 4 rings (SSSR count). The van der Waals surface area contributed by atoms with E-state index in [-0.39, 0.29) is 5.54 Å². The zero-order valence-electron chi connectivity index (χ0n) is 9.65. The molecular weight excluding hydrogens is 214 g/mol. The number of aliphatic imine (C=N–C) groups is 1. The highest BCUT2D eigenvalue weighted by atomic mass is 16.5. The second kappa shape index (κ2) is 3.23. The molecule has 0 amide bonds. The van der Waals surface area contributed by atoms with Crippen LogP contribution in [-0.4, -0.2) is 31.3 Å². The Bertz CT molecular complexity index is 491. The maximum Gasteiger partial charge on any atom is 0.199 e.